The van der Waals surface area contributed by atoms with Gasteiger partial charge in [0.05, 0.1) is 16.3 Å². The van der Waals surface area contributed by atoms with E-state index < -0.39 is 0 Å². The maximum Gasteiger partial charge on any atom is 0.253 e. The number of rotatable bonds is 4. The van der Waals surface area contributed by atoms with Crippen molar-refractivity contribution in [1.82, 2.24) is 4.90 Å². The van der Waals surface area contributed by atoms with Gasteiger partial charge >= 0.3 is 0 Å². The van der Waals surface area contributed by atoms with Crippen LogP contribution in [0.1, 0.15) is 23.2 Å². The van der Waals surface area contributed by atoms with E-state index in [4.69, 9.17) is 4.74 Å². The second kappa shape index (κ2) is 7.61. The minimum absolute atomic E-state index is 0.0179. The first-order chi connectivity index (χ1) is 9.61. The number of likely N-dealkylation sites (tertiary alicyclic amines) is 1. The Morgan fingerprint density at radius 1 is 1.45 bits per heavy atom. The number of amides is 1. The van der Waals surface area contributed by atoms with Gasteiger partial charge in [0.2, 0.25) is 0 Å². The summed E-state index contributed by atoms with van der Waals surface area (Å²) in [4.78, 5) is 14.2. The SMILES string of the molecule is O=C(c1ccc(I)c(O)c1)N1CCC(OCCBr)CC1. The third-order valence-corrected chi connectivity index (χ3v) is 4.59. The number of phenols is 1. The molecule has 1 aromatic carbocycles. The van der Waals surface area contributed by atoms with Crippen LogP contribution in [0.15, 0.2) is 18.2 Å². The van der Waals surface area contributed by atoms with E-state index in [2.05, 4.69) is 15.9 Å². The molecule has 6 heteroatoms. The van der Waals surface area contributed by atoms with Crippen LogP contribution in [0.25, 0.3) is 0 Å². The molecule has 0 spiro atoms. The summed E-state index contributed by atoms with van der Waals surface area (Å²) in [6.45, 7) is 2.13. The molecule has 1 fully saturated rings. The summed E-state index contributed by atoms with van der Waals surface area (Å²) in [7, 11) is 0. The van der Waals surface area contributed by atoms with E-state index in [0.29, 0.717) is 25.3 Å². The summed E-state index contributed by atoms with van der Waals surface area (Å²) in [5.41, 5.74) is 0.544. The molecule has 1 amide bonds. The number of hydrogen-bond acceptors (Lipinski definition) is 3. The van der Waals surface area contributed by atoms with Gasteiger partial charge in [-0.05, 0) is 53.6 Å². The van der Waals surface area contributed by atoms with Crippen molar-refractivity contribution in [2.45, 2.75) is 18.9 Å². The first kappa shape index (κ1) is 16.0. The third kappa shape index (κ3) is 4.08. The molecule has 20 heavy (non-hydrogen) atoms. The number of carbonyl (C=O) groups excluding carboxylic acids is 1. The predicted molar refractivity (Wildman–Crippen MR) is 89.5 cm³/mol. The monoisotopic (exact) mass is 453 g/mol. The number of nitrogens with zero attached hydrogens (tertiary/aromatic N) is 1. The average molecular weight is 454 g/mol. The van der Waals surface area contributed by atoms with Crippen LogP contribution in [0.3, 0.4) is 0 Å². The zero-order valence-corrected chi connectivity index (χ0v) is 14.8. The van der Waals surface area contributed by atoms with Gasteiger partial charge in [-0.3, -0.25) is 4.79 Å². The Labute approximate surface area is 140 Å². The number of piperidine rings is 1. The summed E-state index contributed by atoms with van der Waals surface area (Å²) in [5.74, 6) is 0.141. The largest absolute Gasteiger partial charge is 0.507 e. The van der Waals surface area contributed by atoms with Gasteiger partial charge in [0.15, 0.2) is 0 Å². The minimum Gasteiger partial charge on any atom is -0.507 e. The minimum atomic E-state index is -0.0179. The summed E-state index contributed by atoms with van der Waals surface area (Å²) in [5, 5.41) is 10.5. The fourth-order valence-electron chi connectivity index (χ4n) is 2.27. The highest BCUT2D eigenvalue weighted by Crippen LogP contribution is 2.22. The standard InChI is InChI=1S/C14H17BrINO3/c15-5-8-20-11-3-6-17(7-4-11)14(19)10-1-2-12(16)13(18)9-10/h1-2,9,11,18H,3-8H2. The van der Waals surface area contributed by atoms with Crippen molar-refractivity contribution in [2.75, 3.05) is 25.0 Å². The van der Waals surface area contributed by atoms with E-state index in [-0.39, 0.29) is 17.8 Å². The van der Waals surface area contributed by atoms with Gasteiger partial charge in [-0.1, -0.05) is 15.9 Å². The summed E-state index contributed by atoms with van der Waals surface area (Å²) in [6, 6.07) is 5.06. The molecule has 0 aromatic heterocycles. The maximum absolute atomic E-state index is 12.3. The van der Waals surface area contributed by atoms with E-state index in [1.807, 2.05) is 27.5 Å². The fourth-order valence-corrected chi connectivity index (χ4v) is 2.79. The molecule has 1 aliphatic rings. The maximum atomic E-state index is 12.3. The molecular weight excluding hydrogens is 437 g/mol. The highest BCUT2D eigenvalue weighted by atomic mass is 127. The van der Waals surface area contributed by atoms with Crippen LogP contribution >= 0.6 is 38.5 Å². The molecule has 1 aromatic rings. The molecule has 0 bridgehead atoms. The van der Waals surface area contributed by atoms with E-state index >= 15 is 0 Å². The zero-order chi connectivity index (χ0) is 14.5. The van der Waals surface area contributed by atoms with Crippen molar-refractivity contribution >= 4 is 44.4 Å². The lowest BCUT2D eigenvalue weighted by Crippen LogP contribution is -2.41. The molecule has 1 N–H and O–H groups in total. The highest BCUT2D eigenvalue weighted by Gasteiger charge is 2.24. The molecule has 0 saturated carbocycles. The van der Waals surface area contributed by atoms with Crippen molar-refractivity contribution < 1.29 is 14.6 Å². The van der Waals surface area contributed by atoms with Gasteiger partial charge in [0.25, 0.3) is 5.91 Å². The molecular formula is C14H17BrINO3. The van der Waals surface area contributed by atoms with E-state index in [9.17, 15) is 9.90 Å². The van der Waals surface area contributed by atoms with Crippen molar-refractivity contribution in [1.29, 1.82) is 0 Å². The number of ether oxygens (including phenoxy) is 1. The lowest BCUT2D eigenvalue weighted by atomic mass is 10.1. The van der Waals surface area contributed by atoms with Crippen LogP contribution in [-0.4, -0.2) is 47.0 Å². The molecule has 0 unspecified atom stereocenters. The van der Waals surface area contributed by atoms with Crippen LogP contribution in [0.5, 0.6) is 5.75 Å². The lowest BCUT2D eigenvalue weighted by Gasteiger charge is -2.32. The van der Waals surface area contributed by atoms with Crippen molar-refractivity contribution in [2.24, 2.45) is 0 Å². The fraction of sp³-hybridized carbons (Fsp3) is 0.500. The second-order valence-electron chi connectivity index (χ2n) is 4.72. The quantitative estimate of drug-likeness (QED) is 0.563. The lowest BCUT2D eigenvalue weighted by molar-refractivity contribution is 0.0160. The van der Waals surface area contributed by atoms with E-state index in [1.54, 1.807) is 12.1 Å². The second-order valence-corrected chi connectivity index (χ2v) is 6.67. The van der Waals surface area contributed by atoms with Crippen LogP contribution in [0.4, 0.5) is 0 Å². The number of carbonyl (C=O) groups is 1. The van der Waals surface area contributed by atoms with Crippen molar-refractivity contribution in [3.05, 3.63) is 27.3 Å². The molecule has 0 aliphatic carbocycles. The van der Waals surface area contributed by atoms with Crippen molar-refractivity contribution in [3.63, 3.8) is 0 Å². The topological polar surface area (TPSA) is 49.8 Å². The summed E-state index contributed by atoms with van der Waals surface area (Å²) in [6.07, 6.45) is 1.99. The van der Waals surface area contributed by atoms with Gasteiger partial charge in [0, 0.05) is 24.0 Å². The molecule has 0 radical (unpaired) electrons. The van der Waals surface area contributed by atoms with Crippen LogP contribution in [0.2, 0.25) is 0 Å². The Hall–Kier alpha value is -0.340. The Bertz CT molecular complexity index is 475. The number of aromatic hydroxyl groups is 1. The molecule has 1 aliphatic heterocycles. The van der Waals surface area contributed by atoms with Crippen LogP contribution in [0, 0.1) is 3.57 Å². The van der Waals surface area contributed by atoms with E-state index in [1.165, 1.54) is 6.07 Å². The van der Waals surface area contributed by atoms with Gasteiger partial charge < -0.3 is 14.7 Å². The van der Waals surface area contributed by atoms with Crippen molar-refractivity contribution in [3.8, 4) is 5.75 Å². The Morgan fingerprint density at radius 2 is 2.15 bits per heavy atom. The first-order valence-corrected chi connectivity index (χ1v) is 8.77. The molecule has 2 rings (SSSR count). The van der Waals surface area contributed by atoms with Gasteiger partial charge in [-0.2, -0.15) is 0 Å². The molecule has 1 saturated heterocycles. The third-order valence-electron chi connectivity index (χ3n) is 3.35. The zero-order valence-electron chi connectivity index (χ0n) is 11.0. The van der Waals surface area contributed by atoms with Gasteiger partial charge in [-0.25, -0.2) is 0 Å². The number of halogens is 2. The number of phenolic OH excluding ortho intramolecular Hbond substituents is 1. The molecule has 0 atom stereocenters. The average Bonchev–Trinajstić information content (AvgIpc) is 2.48. The van der Waals surface area contributed by atoms with Crippen LogP contribution in [-0.2, 0) is 4.74 Å². The summed E-state index contributed by atoms with van der Waals surface area (Å²) >= 11 is 5.38. The molecule has 1 heterocycles. The van der Waals surface area contributed by atoms with Gasteiger partial charge in [-0.15, -0.1) is 0 Å². The van der Waals surface area contributed by atoms with Crippen LogP contribution < -0.4 is 0 Å². The Balaban J connectivity index is 1.92. The number of alkyl halides is 1. The molecule has 4 nitrogen and oxygen atoms in total. The Morgan fingerprint density at radius 3 is 2.75 bits per heavy atom. The van der Waals surface area contributed by atoms with Gasteiger partial charge in [0.1, 0.15) is 5.75 Å². The number of hydrogen-bond donors (Lipinski definition) is 1. The molecule has 110 valence electrons. The first-order valence-electron chi connectivity index (χ1n) is 6.57. The predicted octanol–water partition coefficient (Wildman–Crippen LogP) is 3.01. The smallest absolute Gasteiger partial charge is 0.253 e. The normalized spacial score (nSPS) is 16.4. The highest BCUT2D eigenvalue weighted by molar-refractivity contribution is 14.1. The Kier molecular flexibility index (Phi) is 6.10. The van der Waals surface area contributed by atoms with E-state index in [0.717, 1.165) is 21.7 Å². The number of benzene rings is 1. The summed E-state index contributed by atoms with van der Waals surface area (Å²) < 4.78 is 6.43.